The molecule has 2 rings (SSSR count). The molecule has 1 amide bonds. The number of carbonyl (C=O) groups is 1. The minimum atomic E-state index is -4.90. The van der Waals surface area contributed by atoms with Crippen LogP contribution in [0.5, 0.6) is 0 Å². The maximum Gasteiger partial charge on any atom is 0.417 e. The first-order chi connectivity index (χ1) is 13.3. The quantitative estimate of drug-likeness (QED) is 0.554. The van der Waals surface area contributed by atoms with Crippen LogP contribution in [0.4, 0.5) is 23.4 Å². The van der Waals surface area contributed by atoms with Crippen LogP contribution in [-0.2, 0) is 20.8 Å². The van der Waals surface area contributed by atoms with Crippen molar-refractivity contribution >= 4 is 21.6 Å². The zero-order chi connectivity index (χ0) is 22.0. The van der Waals surface area contributed by atoms with Crippen LogP contribution >= 0.6 is 0 Å². The van der Waals surface area contributed by atoms with Gasteiger partial charge < -0.3 is 10.4 Å². The third kappa shape index (κ3) is 5.27. The summed E-state index contributed by atoms with van der Waals surface area (Å²) in [6.45, 7) is 0.845. The van der Waals surface area contributed by atoms with Crippen molar-refractivity contribution < 1.29 is 35.9 Å². The number of hydrogen-bond donors (Lipinski definition) is 2. The minimum Gasteiger partial charge on any atom is -0.379 e. The Hall–Kier alpha value is -3.04. The summed E-state index contributed by atoms with van der Waals surface area (Å²) in [5.41, 5.74) is -4.69. The molecule has 1 aromatic heterocycles. The minimum absolute atomic E-state index is 0.358. The summed E-state index contributed by atoms with van der Waals surface area (Å²) in [7, 11) is -4.24. The molecule has 29 heavy (non-hydrogen) atoms. The van der Waals surface area contributed by atoms with Gasteiger partial charge in [0.15, 0.2) is 15.4 Å². The Labute approximate surface area is 162 Å². The Morgan fingerprint density at radius 3 is 2.38 bits per heavy atom. The summed E-state index contributed by atoms with van der Waals surface area (Å²) in [4.78, 5) is 15.4. The fraction of sp³-hybridized carbons (Fsp3) is 0.235. The highest BCUT2D eigenvalue weighted by atomic mass is 32.2. The molecule has 0 aliphatic heterocycles. The van der Waals surface area contributed by atoms with E-state index >= 15 is 0 Å². The van der Waals surface area contributed by atoms with Gasteiger partial charge in [-0.05, 0) is 37.3 Å². The van der Waals surface area contributed by atoms with E-state index < -0.39 is 56.0 Å². The van der Waals surface area contributed by atoms with Crippen LogP contribution in [0.1, 0.15) is 18.1 Å². The van der Waals surface area contributed by atoms with Crippen LogP contribution in [0.3, 0.4) is 0 Å². The number of benzene rings is 1. The van der Waals surface area contributed by atoms with Crippen molar-refractivity contribution in [2.24, 2.45) is 0 Å². The molecule has 0 spiro atoms. The first kappa shape index (κ1) is 22.3. The number of pyridine rings is 1. The zero-order valence-corrected chi connectivity index (χ0v) is 15.5. The normalized spacial score (nSPS) is 14.0. The first-order valence-corrected chi connectivity index (χ1v) is 9.41. The van der Waals surface area contributed by atoms with E-state index in [2.05, 4.69) is 4.98 Å². The van der Waals surface area contributed by atoms with Crippen LogP contribution < -0.4 is 5.32 Å². The third-order valence-corrected chi connectivity index (χ3v) is 5.64. The first-order valence-electron chi connectivity index (χ1n) is 7.76. The van der Waals surface area contributed by atoms with Crippen molar-refractivity contribution in [3.05, 3.63) is 53.5 Å². The standard InChI is InChI=1S/C17H13F4N3O4S/c1-16(26,9-29(27,28)12-4-2-11(18)3-5-12)15(25)24-14-6-13(17(19,20)21)10(7-22)8-23-14/h2-6,8,26H,9H2,1H3,(H,23,24,25)/t16-/m0/s1. The highest BCUT2D eigenvalue weighted by Crippen LogP contribution is 2.33. The van der Waals surface area contributed by atoms with Gasteiger partial charge in [-0.3, -0.25) is 4.79 Å². The molecule has 154 valence electrons. The van der Waals surface area contributed by atoms with Gasteiger partial charge in [0.2, 0.25) is 0 Å². The van der Waals surface area contributed by atoms with E-state index in [1.165, 1.54) is 6.07 Å². The maximum absolute atomic E-state index is 13.0. The lowest BCUT2D eigenvalue weighted by Gasteiger charge is -2.22. The SMILES string of the molecule is C[C@](O)(CS(=O)(=O)c1ccc(F)cc1)C(=O)Nc1cc(C(F)(F)F)c(C#N)cn1. The predicted octanol–water partition coefficient (Wildman–Crippen LogP) is 2.27. The molecule has 0 aliphatic rings. The number of anilines is 1. The van der Waals surface area contributed by atoms with Gasteiger partial charge in [0, 0.05) is 6.20 Å². The van der Waals surface area contributed by atoms with Crippen molar-refractivity contribution in [2.75, 3.05) is 11.1 Å². The Morgan fingerprint density at radius 1 is 1.28 bits per heavy atom. The fourth-order valence-corrected chi connectivity index (χ4v) is 3.85. The molecule has 2 N–H and O–H groups in total. The number of carbonyl (C=O) groups excluding carboxylic acids is 1. The molecule has 0 aliphatic carbocycles. The second-order valence-electron chi connectivity index (χ2n) is 6.17. The molecule has 0 unspecified atom stereocenters. The van der Waals surface area contributed by atoms with E-state index in [9.17, 15) is 35.9 Å². The van der Waals surface area contributed by atoms with E-state index in [4.69, 9.17) is 5.26 Å². The molecule has 0 bridgehead atoms. The molecule has 0 saturated carbocycles. The number of nitrogens with zero attached hydrogens (tertiary/aromatic N) is 2. The highest BCUT2D eigenvalue weighted by molar-refractivity contribution is 7.91. The largest absolute Gasteiger partial charge is 0.417 e. The van der Waals surface area contributed by atoms with Crippen molar-refractivity contribution in [2.45, 2.75) is 23.6 Å². The summed E-state index contributed by atoms with van der Waals surface area (Å²) < 4.78 is 76.5. The molecular weight excluding hydrogens is 418 g/mol. The average molecular weight is 431 g/mol. The van der Waals surface area contributed by atoms with Crippen molar-refractivity contribution in [1.29, 1.82) is 5.26 Å². The second-order valence-corrected chi connectivity index (χ2v) is 8.16. The lowest BCUT2D eigenvalue weighted by atomic mass is 10.1. The topological polar surface area (TPSA) is 120 Å². The van der Waals surface area contributed by atoms with Crippen molar-refractivity contribution in [3.8, 4) is 6.07 Å². The predicted molar refractivity (Wildman–Crippen MR) is 91.7 cm³/mol. The summed E-state index contributed by atoms with van der Waals surface area (Å²) in [6, 6.07) is 5.34. The molecule has 12 heteroatoms. The van der Waals surface area contributed by atoms with Gasteiger partial charge in [-0.1, -0.05) is 0 Å². The van der Waals surface area contributed by atoms with Crippen LogP contribution in [-0.4, -0.2) is 35.8 Å². The zero-order valence-electron chi connectivity index (χ0n) is 14.7. The Morgan fingerprint density at radius 2 is 1.86 bits per heavy atom. The Bertz CT molecular complexity index is 1080. The Kier molecular flexibility index (Phi) is 5.96. The monoisotopic (exact) mass is 431 g/mol. The van der Waals surface area contributed by atoms with Gasteiger partial charge >= 0.3 is 6.18 Å². The number of nitriles is 1. The van der Waals surface area contributed by atoms with Crippen molar-refractivity contribution in [1.82, 2.24) is 4.98 Å². The van der Waals surface area contributed by atoms with Gasteiger partial charge in [-0.2, -0.15) is 18.4 Å². The van der Waals surface area contributed by atoms with Crippen LogP contribution in [0.15, 0.2) is 41.4 Å². The van der Waals surface area contributed by atoms with Gasteiger partial charge in [-0.25, -0.2) is 17.8 Å². The number of halogens is 4. The number of aliphatic hydroxyl groups is 1. The molecule has 1 atom stereocenters. The van der Waals surface area contributed by atoms with E-state index in [-0.39, 0.29) is 4.90 Å². The van der Waals surface area contributed by atoms with E-state index in [0.29, 0.717) is 12.3 Å². The maximum atomic E-state index is 13.0. The van der Waals surface area contributed by atoms with Crippen LogP contribution in [0.25, 0.3) is 0 Å². The number of hydrogen-bond acceptors (Lipinski definition) is 6. The summed E-state index contributed by atoms with van der Waals surface area (Å²) in [5, 5.41) is 20.9. The van der Waals surface area contributed by atoms with Crippen LogP contribution in [0.2, 0.25) is 0 Å². The number of rotatable bonds is 5. The molecule has 7 nitrogen and oxygen atoms in total. The molecule has 1 heterocycles. The average Bonchev–Trinajstić information content (AvgIpc) is 2.60. The highest BCUT2D eigenvalue weighted by Gasteiger charge is 2.38. The van der Waals surface area contributed by atoms with E-state index in [0.717, 1.165) is 31.2 Å². The van der Waals surface area contributed by atoms with Gasteiger partial charge in [0.1, 0.15) is 17.7 Å². The van der Waals surface area contributed by atoms with E-state index in [1.807, 2.05) is 5.32 Å². The van der Waals surface area contributed by atoms with Gasteiger partial charge in [0.05, 0.1) is 21.8 Å². The van der Waals surface area contributed by atoms with Crippen LogP contribution in [0, 0.1) is 17.1 Å². The summed E-state index contributed by atoms with van der Waals surface area (Å²) in [5.74, 6) is -3.80. The third-order valence-electron chi connectivity index (χ3n) is 3.70. The molecular formula is C17H13F4N3O4S. The number of nitrogens with one attached hydrogen (secondary N) is 1. The smallest absolute Gasteiger partial charge is 0.379 e. The molecule has 0 radical (unpaired) electrons. The molecule has 2 aromatic rings. The van der Waals surface area contributed by atoms with E-state index in [1.54, 1.807) is 0 Å². The molecule has 0 saturated heterocycles. The number of amides is 1. The number of aromatic nitrogens is 1. The molecule has 1 aromatic carbocycles. The lowest BCUT2D eigenvalue weighted by Crippen LogP contribution is -2.46. The second kappa shape index (κ2) is 7.76. The van der Waals surface area contributed by atoms with Crippen molar-refractivity contribution in [3.63, 3.8) is 0 Å². The number of sulfone groups is 1. The van der Waals surface area contributed by atoms with Gasteiger partial charge in [-0.15, -0.1) is 0 Å². The summed E-state index contributed by atoms with van der Waals surface area (Å²) in [6.07, 6.45) is -4.32. The lowest BCUT2D eigenvalue weighted by molar-refractivity contribution is -0.138. The summed E-state index contributed by atoms with van der Waals surface area (Å²) >= 11 is 0. The van der Waals surface area contributed by atoms with Gasteiger partial charge in [0.25, 0.3) is 5.91 Å². The number of alkyl halides is 3. The fourth-order valence-electron chi connectivity index (χ4n) is 2.26. The Balaban J connectivity index is 2.25. The molecule has 0 fully saturated rings.